The first-order chi connectivity index (χ1) is 15.0. The molecular weight excluding hydrogens is 561 g/mol. The Morgan fingerprint density at radius 1 is 0.571 bits per heavy atom. The molecule has 0 bridgehead atoms. The average Bonchev–Trinajstić information content (AvgIpc) is 2.64. The molecular formula is C14H7F19O2. The van der Waals surface area contributed by atoms with Crippen LogP contribution in [0.5, 0.6) is 0 Å². The summed E-state index contributed by atoms with van der Waals surface area (Å²) in [7, 11) is 0. The summed E-state index contributed by atoms with van der Waals surface area (Å²) in [6.45, 7) is -0.188. The van der Waals surface area contributed by atoms with Gasteiger partial charge in [0.25, 0.3) is 6.08 Å². The van der Waals surface area contributed by atoms with Gasteiger partial charge in [-0.2, -0.15) is 83.4 Å². The lowest BCUT2D eigenvalue weighted by atomic mass is 9.87. The Labute approximate surface area is 179 Å². The molecule has 35 heavy (non-hydrogen) atoms. The number of ether oxygens (including phenoxy) is 1. The Balaban J connectivity index is 6.80. The van der Waals surface area contributed by atoms with Crippen molar-refractivity contribution in [3.8, 4) is 0 Å². The minimum absolute atomic E-state index is 0.784. The Hall–Kier alpha value is -2.12. The zero-order chi connectivity index (χ0) is 28.9. The molecule has 0 aromatic rings. The van der Waals surface area contributed by atoms with Crippen LogP contribution in [0.25, 0.3) is 0 Å². The lowest BCUT2D eigenvalue weighted by molar-refractivity contribution is -0.461. The third kappa shape index (κ3) is 4.82. The molecule has 0 unspecified atom stereocenters. The summed E-state index contributed by atoms with van der Waals surface area (Å²) < 4.78 is 251. The van der Waals surface area contributed by atoms with E-state index >= 15 is 0 Å². The fourth-order valence-electron chi connectivity index (χ4n) is 1.96. The van der Waals surface area contributed by atoms with Crippen LogP contribution < -0.4 is 0 Å². The van der Waals surface area contributed by atoms with E-state index in [1.165, 1.54) is 0 Å². The maximum atomic E-state index is 13.6. The van der Waals surface area contributed by atoms with Crippen LogP contribution >= 0.6 is 0 Å². The van der Waals surface area contributed by atoms with Crippen LogP contribution in [0.2, 0.25) is 0 Å². The van der Waals surface area contributed by atoms with E-state index in [1.807, 2.05) is 0 Å². The van der Waals surface area contributed by atoms with E-state index in [-0.39, 0.29) is 0 Å². The molecule has 0 atom stereocenters. The smallest absolute Gasteiger partial charge is 0.460 e. The monoisotopic (exact) mass is 568 g/mol. The molecule has 21 heteroatoms. The van der Waals surface area contributed by atoms with Gasteiger partial charge < -0.3 is 4.74 Å². The van der Waals surface area contributed by atoms with Gasteiger partial charge in [0.15, 0.2) is 0 Å². The highest BCUT2D eigenvalue weighted by Gasteiger charge is 2.95. The van der Waals surface area contributed by atoms with Gasteiger partial charge in [0, 0.05) is 0 Å². The fourth-order valence-corrected chi connectivity index (χ4v) is 1.96. The van der Waals surface area contributed by atoms with E-state index < -0.39 is 78.3 Å². The predicted octanol–water partition coefficient (Wildman–Crippen LogP) is 7.10. The van der Waals surface area contributed by atoms with Crippen molar-refractivity contribution in [3.63, 3.8) is 0 Å². The molecule has 0 saturated heterocycles. The Bertz CT molecular complexity index is 818. The lowest BCUT2D eigenvalue weighted by Crippen LogP contribution is -2.74. The SMILES string of the molecule is CCOC(=O)C(CC(F)(F)C(F)(F)C(F)(F)C(F)(F)C(F)(F)C(F)(F)C(F)(F)C(F)(F)F)=C(F)F. The van der Waals surface area contributed by atoms with Crippen LogP contribution in [-0.4, -0.2) is 60.2 Å². The van der Waals surface area contributed by atoms with Crippen LogP contribution in [0.4, 0.5) is 83.4 Å². The van der Waals surface area contributed by atoms with Gasteiger partial charge in [-0.05, 0) is 6.92 Å². The molecule has 0 aliphatic carbocycles. The standard InChI is InChI=1S/C14H7F19O2/c1-2-35-6(34)4(5(15)16)3-7(17,18)8(19,20)9(21,22)10(23,24)11(25,26)12(27,28)13(29,30)14(31,32)33/h2-3H2,1H3. The number of esters is 1. The predicted molar refractivity (Wildman–Crippen MR) is 71.2 cm³/mol. The summed E-state index contributed by atoms with van der Waals surface area (Å²) in [5, 5.41) is 0. The highest BCUT2D eigenvalue weighted by molar-refractivity contribution is 5.88. The summed E-state index contributed by atoms with van der Waals surface area (Å²) in [6, 6.07) is 0. The number of halogens is 19. The molecule has 0 aromatic carbocycles. The van der Waals surface area contributed by atoms with E-state index in [4.69, 9.17) is 0 Å². The summed E-state index contributed by atoms with van der Waals surface area (Å²) in [5.41, 5.74) is -2.92. The van der Waals surface area contributed by atoms with Gasteiger partial charge in [0.05, 0.1) is 13.0 Å². The number of carbonyl (C=O) groups is 1. The van der Waals surface area contributed by atoms with Gasteiger partial charge in [0.2, 0.25) is 0 Å². The molecule has 0 aliphatic rings. The summed E-state index contributed by atoms with van der Waals surface area (Å²) in [4.78, 5) is 11.0. The largest absolute Gasteiger partial charge is 0.462 e. The topological polar surface area (TPSA) is 26.3 Å². The van der Waals surface area contributed by atoms with Crippen molar-refractivity contribution >= 4 is 5.97 Å². The minimum Gasteiger partial charge on any atom is -0.462 e. The first kappa shape index (κ1) is 32.9. The third-order valence-electron chi connectivity index (χ3n) is 3.94. The highest BCUT2D eigenvalue weighted by Crippen LogP contribution is 2.64. The van der Waals surface area contributed by atoms with Crippen molar-refractivity contribution in [1.82, 2.24) is 0 Å². The molecule has 0 heterocycles. The third-order valence-corrected chi connectivity index (χ3v) is 3.94. The average molecular weight is 568 g/mol. The van der Waals surface area contributed by atoms with Gasteiger partial charge in [0.1, 0.15) is 5.57 Å². The Kier molecular flexibility index (Phi) is 8.52. The van der Waals surface area contributed by atoms with E-state index in [0.717, 1.165) is 6.92 Å². The van der Waals surface area contributed by atoms with Crippen LogP contribution in [0.3, 0.4) is 0 Å². The molecule has 0 aromatic heterocycles. The van der Waals surface area contributed by atoms with Crippen molar-refractivity contribution in [2.75, 3.05) is 6.61 Å². The molecule has 0 amide bonds. The molecule has 0 radical (unpaired) electrons. The van der Waals surface area contributed by atoms with Crippen LogP contribution in [0.1, 0.15) is 13.3 Å². The normalized spacial score (nSPS) is 15.2. The first-order valence-electron chi connectivity index (χ1n) is 7.95. The number of alkyl halides is 17. The highest BCUT2D eigenvalue weighted by atomic mass is 19.4. The van der Waals surface area contributed by atoms with Gasteiger partial charge >= 0.3 is 53.6 Å². The van der Waals surface area contributed by atoms with Gasteiger partial charge in [-0.3, -0.25) is 0 Å². The Morgan fingerprint density at radius 3 is 1.17 bits per heavy atom. The molecule has 0 fully saturated rings. The fraction of sp³-hybridized carbons (Fsp3) is 0.786. The second kappa shape index (κ2) is 9.07. The van der Waals surface area contributed by atoms with Crippen molar-refractivity contribution in [2.45, 2.75) is 61.0 Å². The maximum Gasteiger partial charge on any atom is 0.460 e. The van der Waals surface area contributed by atoms with Crippen LogP contribution in [0.15, 0.2) is 11.7 Å². The molecule has 0 saturated carbocycles. The zero-order valence-corrected chi connectivity index (χ0v) is 15.9. The number of hydrogen-bond acceptors (Lipinski definition) is 2. The summed E-state index contributed by atoms with van der Waals surface area (Å²) >= 11 is 0. The van der Waals surface area contributed by atoms with E-state index in [9.17, 15) is 88.2 Å². The molecule has 0 aliphatic heterocycles. The molecule has 2 nitrogen and oxygen atoms in total. The molecule has 208 valence electrons. The number of carbonyl (C=O) groups excluding carboxylic acids is 1. The zero-order valence-electron chi connectivity index (χ0n) is 15.9. The van der Waals surface area contributed by atoms with Crippen LogP contribution in [-0.2, 0) is 9.53 Å². The molecule has 0 rings (SSSR count). The second-order valence-electron chi connectivity index (χ2n) is 6.28. The van der Waals surface area contributed by atoms with Gasteiger partial charge in [-0.15, -0.1) is 0 Å². The minimum atomic E-state index is -8.84. The van der Waals surface area contributed by atoms with E-state index in [0.29, 0.717) is 0 Å². The lowest BCUT2D eigenvalue weighted by Gasteiger charge is -2.42. The van der Waals surface area contributed by atoms with Gasteiger partial charge in [-0.25, -0.2) is 4.79 Å². The van der Waals surface area contributed by atoms with Crippen molar-refractivity contribution in [2.24, 2.45) is 0 Å². The van der Waals surface area contributed by atoms with Crippen molar-refractivity contribution in [3.05, 3.63) is 11.7 Å². The molecule has 0 N–H and O–H groups in total. The quantitative estimate of drug-likeness (QED) is 0.160. The maximum absolute atomic E-state index is 13.6. The first-order valence-corrected chi connectivity index (χ1v) is 7.95. The van der Waals surface area contributed by atoms with Crippen molar-refractivity contribution < 1.29 is 92.9 Å². The Morgan fingerprint density at radius 2 is 0.886 bits per heavy atom. The van der Waals surface area contributed by atoms with Gasteiger partial charge in [-0.1, -0.05) is 0 Å². The van der Waals surface area contributed by atoms with E-state index in [1.54, 1.807) is 0 Å². The number of hydrogen-bond donors (Lipinski definition) is 0. The summed E-state index contributed by atoms with van der Waals surface area (Å²) in [5.74, 6) is -61.3. The molecule has 0 spiro atoms. The van der Waals surface area contributed by atoms with Crippen LogP contribution in [0, 0.1) is 0 Å². The van der Waals surface area contributed by atoms with Crippen molar-refractivity contribution in [1.29, 1.82) is 0 Å². The number of rotatable bonds is 10. The van der Waals surface area contributed by atoms with E-state index in [2.05, 4.69) is 4.74 Å². The second-order valence-corrected chi connectivity index (χ2v) is 6.28. The summed E-state index contributed by atoms with van der Waals surface area (Å²) in [6.07, 6.45) is -15.3.